The molecular weight excluding hydrogens is 757 g/mol. The van der Waals surface area contributed by atoms with Crippen LogP contribution in [0.2, 0.25) is 0 Å². The predicted octanol–water partition coefficient (Wildman–Crippen LogP) is 9.05. The van der Waals surface area contributed by atoms with E-state index in [4.69, 9.17) is 18.9 Å². The summed E-state index contributed by atoms with van der Waals surface area (Å²) in [6.45, 7) is 16.3. The second-order valence-electron chi connectivity index (χ2n) is 23.3. The molecule has 0 N–H and O–H groups in total. The fourth-order valence-corrected chi connectivity index (χ4v) is 13.4. The Morgan fingerprint density at radius 3 is 1.53 bits per heavy atom. The molecule has 4 amide bonds. The summed E-state index contributed by atoms with van der Waals surface area (Å²) < 4.78 is 27.6. The highest BCUT2D eigenvalue weighted by atomic mass is 16.6. The summed E-state index contributed by atoms with van der Waals surface area (Å²) >= 11 is 0. The zero-order valence-corrected chi connectivity index (χ0v) is 38.5. The van der Waals surface area contributed by atoms with E-state index in [-0.39, 0.29) is 113 Å². The molecule has 2 heterocycles. The van der Waals surface area contributed by atoms with Crippen molar-refractivity contribution in [2.45, 2.75) is 232 Å². The van der Waals surface area contributed by atoms with Gasteiger partial charge in [0.05, 0.1) is 72.5 Å². The first-order chi connectivity index (χ1) is 28.4. The molecule has 0 radical (unpaired) electrons. The minimum absolute atomic E-state index is 0.00442. The molecule has 6 aliphatic carbocycles. The number of carbonyl (C=O) groups is 4. The quantitative estimate of drug-likeness (QED) is 0.212. The molecule has 0 aromatic rings. The first-order valence-electron chi connectivity index (χ1n) is 24.7. The van der Waals surface area contributed by atoms with Gasteiger partial charge in [0.15, 0.2) is 0 Å². The van der Waals surface area contributed by atoms with Gasteiger partial charge < -0.3 is 18.9 Å². The van der Waals surface area contributed by atoms with E-state index in [2.05, 4.69) is 48.5 Å². The van der Waals surface area contributed by atoms with Gasteiger partial charge in [-0.3, -0.25) is 29.0 Å². The van der Waals surface area contributed by atoms with Gasteiger partial charge in [0.1, 0.15) is 0 Å². The van der Waals surface area contributed by atoms with Crippen molar-refractivity contribution in [1.29, 1.82) is 0 Å². The van der Waals surface area contributed by atoms with Crippen LogP contribution in [0.4, 0.5) is 0 Å². The van der Waals surface area contributed by atoms with Crippen LogP contribution in [0.1, 0.15) is 177 Å². The summed E-state index contributed by atoms with van der Waals surface area (Å²) in [5.74, 6) is 0.815. The van der Waals surface area contributed by atoms with Gasteiger partial charge in [-0.25, -0.2) is 0 Å². The number of amides is 4. The minimum atomic E-state index is -0.281. The lowest BCUT2D eigenvalue weighted by Crippen LogP contribution is -2.47. The summed E-state index contributed by atoms with van der Waals surface area (Å²) in [5, 5.41) is 0. The van der Waals surface area contributed by atoms with E-state index < -0.39 is 0 Å². The lowest BCUT2D eigenvalue weighted by Gasteiger charge is -2.46. The second kappa shape index (κ2) is 17.9. The number of hydrogen-bond donors (Lipinski definition) is 0. The zero-order chi connectivity index (χ0) is 42.7. The van der Waals surface area contributed by atoms with Crippen LogP contribution in [0, 0.1) is 52.3 Å². The molecule has 10 heteroatoms. The van der Waals surface area contributed by atoms with Crippen molar-refractivity contribution in [2.75, 3.05) is 7.05 Å². The molecule has 6 saturated carbocycles. The molecule has 8 fully saturated rings. The molecule has 2 saturated heterocycles. The Labute approximate surface area is 361 Å². The predicted molar refractivity (Wildman–Crippen MR) is 229 cm³/mol. The van der Waals surface area contributed by atoms with Gasteiger partial charge in [-0.1, -0.05) is 48.5 Å². The van der Waals surface area contributed by atoms with E-state index in [1.165, 1.54) is 24.2 Å². The molecule has 2 aliphatic heterocycles. The maximum atomic E-state index is 14.2. The van der Waals surface area contributed by atoms with Crippen LogP contribution in [-0.2, 0) is 38.1 Å². The molecule has 0 aromatic heterocycles. The van der Waals surface area contributed by atoms with E-state index in [0.29, 0.717) is 31.3 Å². The highest BCUT2D eigenvalue weighted by Crippen LogP contribution is 2.48. The Morgan fingerprint density at radius 2 is 0.900 bits per heavy atom. The van der Waals surface area contributed by atoms with E-state index in [1.807, 2.05) is 0 Å². The van der Waals surface area contributed by atoms with E-state index in [0.717, 1.165) is 95.8 Å². The van der Waals surface area contributed by atoms with Crippen molar-refractivity contribution in [3.05, 3.63) is 0 Å². The van der Waals surface area contributed by atoms with Crippen molar-refractivity contribution in [3.8, 4) is 0 Å². The molecule has 338 valence electrons. The highest BCUT2D eigenvalue weighted by molar-refractivity contribution is 6.06. The van der Waals surface area contributed by atoms with Crippen molar-refractivity contribution in [2.24, 2.45) is 52.3 Å². The Hall–Kier alpha value is -1.88. The topological polar surface area (TPSA) is 112 Å². The molecule has 12 atom stereocenters. The maximum absolute atomic E-state index is 14.2. The monoisotopic (exact) mass is 837 g/mol. The van der Waals surface area contributed by atoms with Gasteiger partial charge in [-0.15, -0.1) is 0 Å². The molecule has 60 heavy (non-hydrogen) atoms. The summed E-state index contributed by atoms with van der Waals surface area (Å²) in [5.41, 5.74) is 0.264. The highest BCUT2D eigenvalue weighted by Gasteiger charge is 2.54. The number of fused-ring (bicyclic) bond motifs is 2. The largest absolute Gasteiger partial charge is 0.375 e. The van der Waals surface area contributed by atoms with Crippen LogP contribution in [0.25, 0.3) is 0 Å². The third kappa shape index (κ3) is 9.48. The van der Waals surface area contributed by atoms with Crippen molar-refractivity contribution >= 4 is 23.6 Å². The van der Waals surface area contributed by atoms with Crippen molar-refractivity contribution in [3.63, 3.8) is 0 Å². The third-order valence-corrected chi connectivity index (χ3v) is 17.3. The van der Waals surface area contributed by atoms with Gasteiger partial charge >= 0.3 is 0 Å². The Morgan fingerprint density at radius 1 is 0.433 bits per heavy atom. The van der Waals surface area contributed by atoms with E-state index >= 15 is 0 Å². The van der Waals surface area contributed by atoms with Crippen LogP contribution in [0.15, 0.2) is 0 Å². The summed E-state index contributed by atoms with van der Waals surface area (Å²) in [6, 6.07) is -0.0356. The molecule has 0 aromatic carbocycles. The fourth-order valence-electron chi connectivity index (χ4n) is 13.4. The molecule has 8 aliphatic rings. The molecule has 8 rings (SSSR count). The van der Waals surface area contributed by atoms with E-state index in [1.54, 1.807) is 11.9 Å². The zero-order valence-electron chi connectivity index (χ0n) is 38.5. The minimum Gasteiger partial charge on any atom is -0.375 e. The molecule has 0 spiro atoms. The van der Waals surface area contributed by atoms with Crippen molar-refractivity contribution < 1.29 is 38.1 Å². The third-order valence-electron chi connectivity index (χ3n) is 17.3. The average Bonchev–Trinajstić information content (AvgIpc) is 3.58. The number of nitrogens with zero attached hydrogens (tertiary/aromatic N) is 2. The fraction of sp³-hybridized carbons (Fsp3) is 0.920. The lowest BCUT2D eigenvalue weighted by atomic mass is 9.69. The summed E-state index contributed by atoms with van der Waals surface area (Å²) in [4.78, 5) is 56.5. The molecule has 10 nitrogen and oxygen atoms in total. The number of rotatable bonds is 9. The first kappa shape index (κ1) is 44.7. The SMILES string of the molecule is CC1CCC(OC2CC(C(C)(C)C)CCC2OC2CCC(N3C(=O)C4CCC(OC5CCC(OC6CCC7C(=O)N(C)C(=O)C7C6)CC5C(C)(C)C)CC4C3=O)CC2)CC1. The second-order valence-corrected chi connectivity index (χ2v) is 23.3. The van der Waals surface area contributed by atoms with Crippen LogP contribution < -0.4 is 0 Å². The average molecular weight is 837 g/mol. The van der Waals surface area contributed by atoms with Gasteiger partial charge in [0.2, 0.25) is 23.6 Å². The summed E-state index contributed by atoms with van der Waals surface area (Å²) in [7, 11) is 1.61. The summed E-state index contributed by atoms with van der Waals surface area (Å²) in [6.07, 6.45) is 19.5. The normalized spacial score (nSPS) is 43.3. The number of ether oxygens (including phenoxy) is 4. The number of hydrogen-bond acceptors (Lipinski definition) is 8. The smallest absolute Gasteiger partial charge is 0.233 e. The number of imide groups is 2. The van der Waals surface area contributed by atoms with E-state index in [9.17, 15) is 19.2 Å². The maximum Gasteiger partial charge on any atom is 0.233 e. The standard InChI is InChI=1S/C50H80N2O8/c1-29-9-14-32(15-10-29)59-44-25-30(49(2,3)4)11-23-43(44)58-33-16-12-31(13-17-33)52-47(55)38-22-19-35(27-40(38)48(52)56)60-42-24-20-36(28-41(42)50(5,6)7)57-34-18-21-37-39(26-34)46(54)51(8)45(37)53/h29-44H,9-28H2,1-8H3. The van der Waals surface area contributed by atoms with Gasteiger partial charge in [0, 0.05) is 13.1 Å². The molecule has 0 bridgehead atoms. The van der Waals surface area contributed by atoms with Gasteiger partial charge in [-0.2, -0.15) is 0 Å². The first-order valence-corrected chi connectivity index (χ1v) is 24.7. The Kier molecular flexibility index (Phi) is 13.4. The van der Waals surface area contributed by atoms with Crippen LogP contribution in [0.3, 0.4) is 0 Å². The number of likely N-dealkylation sites (tertiary alicyclic amines) is 2. The van der Waals surface area contributed by atoms with Crippen LogP contribution >= 0.6 is 0 Å². The molecule has 12 unspecified atom stereocenters. The Bertz CT molecular complexity index is 1550. The van der Waals surface area contributed by atoms with Gasteiger partial charge in [0.25, 0.3) is 0 Å². The van der Waals surface area contributed by atoms with Crippen LogP contribution in [0.5, 0.6) is 0 Å². The Balaban J connectivity index is 0.822. The number of carbonyl (C=O) groups excluding carboxylic acids is 4. The van der Waals surface area contributed by atoms with Crippen molar-refractivity contribution in [1.82, 2.24) is 9.80 Å². The lowest BCUT2D eigenvalue weighted by molar-refractivity contribution is -0.166. The van der Waals surface area contributed by atoms with Crippen LogP contribution in [-0.4, -0.2) is 95.3 Å². The van der Waals surface area contributed by atoms with Gasteiger partial charge in [-0.05, 0) is 157 Å². The molecular formula is C50H80N2O8.